The molecule has 2 aromatic rings. The molecule has 1 fully saturated rings. The Balaban J connectivity index is 2.03. The van der Waals surface area contributed by atoms with Crippen molar-refractivity contribution < 1.29 is 14.3 Å². The molecular weight excluding hydrogens is 270 g/mol. The normalized spacial score (nSPS) is 18.9. The summed E-state index contributed by atoms with van der Waals surface area (Å²) in [7, 11) is 0. The van der Waals surface area contributed by atoms with Gasteiger partial charge in [-0.05, 0) is 32.8 Å². The minimum atomic E-state index is -0.427. The highest BCUT2D eigenvalue weighted by Gasteiger charge is 2.22. The van der Waals surface area contributed by atoms with Crippen LogP contribution in [0.3, 0.4) is 0 Å². The van der Waals surface area contributed by atoms with Crippen LogP contribution in [0.4, 0.5) is 0 Å². The number of nitrogens with zero attached hydrogens (tertiary/aromatic N) is 3. The third-order valence-electron chi connectivity index (χ3n) is 3.76. The van der Waals surface area contributed by atoms with E-state index in [2.05, 4.69) is 9.97 Å². The van der Waals surface area contributed by atoms with Gasteiger partial charge in [-0.2, -0.15) is 0 Å². The van der Waals surface area contributed by atoms with E-state index in [1.54, 1.807) is 13.3 Å². The number of fused-ring (bicyclic) bond motifs is 1. The molecule has 0 amide bonds. The zero-order valence-corrected chi connectivity index (χ0v) is 12.3. The van der Waals surface area contributed by atoms with E-state index < -0.39 is 5.97 Å². The van der Waals surface area contributed by atoms with Crippen molar-refractivity contribution >= 4 is 11.6 Å². The number of aromatic nitrogens is 3. The zero-order chi connectivity index (χ0) is 14.8. The first kappa shape index (κ1) is 14.0. The van der Waals surface area contributed by atoms with Crippen molar-refractivity contribution in [3.05, 3.63) is 29.5 Å². The highest BCUT2D eigenvalue weighted by molar-refractivity contribution is 5.93. The molecule has 2 aromatic heterocycles. The molecule has 0 bridgehead atoms. The smallest absolute Gasteiger partial charge is 0.360 e. The van der Waals surface area contributed by atoms with Gasteiger partial charge in [0.2, 0.25) is 0 Å². The van der Waals surface area contributed by atoms with Crippen molar-refractivity contribution in [2.75, 3.05) is 19.8 Å². The van der Waals surface area contributed by atoms with Crippen LogP contribution in [0.5, 0.6) is 0 Å². The highest BCUT2D eigenvalue weighted by atomic mass is 16.5. The van der Waals surface area contributed by atoms with Gasteiger partial charge in [0, 0.05) is 18.2 Å². The topological polar surface area (TPSA) is 65.7 Å². The molecule has 1 unspecified atom stereocenters. The van der Waals surface area contributed by atoms with Crippen LogP contribution in [0.25, 0.3) is 5.65 Å². The number of aryl methyl sites for hydroxylation is 1. The monoisotopic (exact) mass is 289 g/mol. The summed E-state index contributed by atoms with van der Waals surface area (Å²) in [6.07, 6.45) is 3.72. The van der Waals surface area contributed by atoms with Crippen LogP contribution in [-0.4, -0.2) is 40.2 Å². The van der Waals surface area contributed by atoms with Crippen LogP contribution < -0.4 is 0 Å². The second-order valence-electron chi connectivity index (χ2n) is 5.24. The molecule has 0 N–H and O–H groups in total. The Bertz CT molecular complexity index is 659. The Morgan fingerprint density at radius 3 is 3.14 bits per heavy atom. The van der Waals surface area contributed by atoms with E-state index in [4.69, 9.17) is 9.47 Å². The van der Waals surface area contributed by atoms with Gasteiger partial charge < -0.3 is 9.47 Å². The van der Waals surface area contributed by atoms with Crippen LogP contribution in [-0.2, 0) is 9.47 Å². The molecule has 1 aliphatic heterocycles. The van der Waals surface area contributed by atoms with E-state index in [-0.39, 0.29) is 11.6 Å². The summed E-state index contributed by atoms with van der Waals surface area (Å²) in [6, 6.07) is 2.04. The number of ether oxygens (including phenoxy) is 2. The van der Waals surface area contributed by atoms with E-state index in [0.717, 1.165) is 30.8 Å². The Morgan fingerprint density at radius 2 is 2.43 bits per heavy atom. The van der Waals surface area contributed by atoms with E-state index in [0.29, 0.717) is 18.9 Å². The number of esters is 1. The molecule has 1 saturated heterocycles. The Kier molecular flexibility index (Phi) is 3.88. The summed E-state index contributed by atoms with van der Waals surface area (Å²) in [6.45, 7) is 5.59. The average Bonchev–Trinajstić information content (AvgIpc) is 2.93. The van der Waals surface area contributed by atoms with Gasteiger partial charge in [-0.3, -0.25) is 4.40 Å². The molecule has 0 aliphatic carbocycles. The third kappa shape index (κ3) is 2.63. The first-order valence-corrected chi connectivity index (χ1v) is 7.30. The maximum absolute atomic E-state index is 12.0. The first-order chi connectivity index (χ1) is 10.2. The molecule has 3 rings (SSSR count). The standard InChI is InChI=1S/C15H19N3O3/c1-3-21-15(19)13-14-17-12(11-5-4-6-20-8-11)7-10(2)18(14)9-16-13/h7,9,11H,3-6,8H2,1-2H3. The Hall–Kier alpha value is -1.95. The lowest BCUT2D eigenvalue weighted by atomic mass is 9.98. The van der Waals surface area contributed by atoms with Crippen molar-refractivity contribution in [3.63, 3.8) is 0 Å². The predicted octanol–water partition coefficient (Wildman–Crippen LogP) is 2.11. The fraction of sp³-hybridized carbons (Fsp3) is 0.533. The SMILES string of the molecule is CCOC(=O)c1ncn2c(C)cc(C3CCCOC3)nc12. The predicted molar refractivity (Wildman–Crippen MR) is 76.5 cm³/mol. The molecule has 0 saturated carbocycles. The van der Waals surface area contributed by atoms with Gasteiger partial charge in [0.05, 0.1) is 18.9 Å². The summed E-state index contributed by atoms with van der Waals surface area (Å²) in [5.41, 5.74) is 2.81. The largest absolute Gasteiger partial charge is 0.461 e. The van der Waals surface area contributed by atoms with Gasteiger partial charge in [0.25, 0.3) is 0 Å². The van der Waals surface area contributed by atoms with Crippen LogP contribution >= 0.6 is 0 Å². The number of hydrogen-bond acceptors (Lipinski definition) is 5. The van der Waals surface area contributed by atoms with Crippen molar-refractivity contribution in [2.24, 2.45) is 0 Å². The summed E-state index contributed by atoms with van der Waals surface area (Å²) >= 11 is 0. The molecule has 0 radical (unpaired) electrons. The fourth-order valence-corrected chi connectivity index (χ4v) is 2.67. The van der Waals surface area contributed by atoms with Gasteiger partial charge in [0.1, 0.15) is 6.33 Å². The van der Waals surface area contributed by atoms with Gasteiger partial charge in [0.15, 0.2) is 11.3 Å². The second-order valence-corrected chi connectivity index (χ2v) is 5.24. The number of rotatable bonds is 3. The first-order valence-electron chi connectivity index (χ1n) is 7.30. The van der Waals surface area contributed by atoms with Crippen molar-refractivity contribution in [1.29, 1.82) is 0 Å². The minimum Gasteiger partial charge on any atom is -0.461 e. The van der Waals surface area contributed by atoms with Crippen molar-refractivity contribution in [2.45, 2.75) is 32.6 Å². The fourth-order valence-electron chi connectivity index (χ4n) is 2.67. The molecule has 21 heavy (non-hydrogen) atoms. The van der Waals surface area contributed by atoms with Crippen LogP contribution in [0.1, 0.15) is 47.6 Å². The quantitative estimate of drug-likeness (QED) is 0.810. The molecule has 3 heterocycles. The summed E-state index contributed by atoms with van der Waals surface area (Å²) in [5, 5.41) is 0. The van der Waals surface area contributed by atoms with Gasteiger partial charge in [-0.25, -0.2) is 14.8 Å². The number of carbonyl (C=O) groups excluding carboxylic acids is 1. The van der Waals surface area contributed by atoms with Gasteiger partial charge >= 0.3 is 5.97 Å². The molecule has 112 valence electrons. The highest BCUT2D eigenvalue weighted by Crippen LogP contribution is 2.25. The summed E-state index contributed by atoms with van der Waals surface area (Å²) in [5.74, 6) is -0.142. The maximum Gasteiger partial charge on any atom is 0.360 e. The van der Waals surface area contributed by atoms with E-state index in [9.17, 15) is 4.79 Å². The summed E-state index contributed by atoms with van der Waals surface area (Å²) < 4.78 is 12.4. The van der Waals surface area contributed by atoms with Crippen LogP contribution in [0.2, 0.25) is 0 Å². The van der Waals surface area contributed by atoms with E-state index in [1.165, 1.54) is 0 Å². The van der Waals surface area contributed by atoms with Crippen LogP contribution in [0, 0.1) is 6.92 Å². The number of hydrogen-bond donors (Lipinski definition) is 0. The lowest BCUT2D eigenvalue weighted by molar-refractivity contribution is 0.0522. The maximum atomic E-state index is 12.0. The lowest BCUT2D eigenvalue weighted by Crippen LogP contribution is -2.17. The van der Waals surface area contributed by atoms with Gasteiger partial charge in [-0.15, -0.1) is 0 Å². The lowest BCUT2D eigenvalue weighted by Gasteiger charge is -2.22. The third-order valence-corrected chi connectivity index (χ3v) is 3.76. The zero-order valence-electron chi connectivity index (χ0n) is 12.3. The number of imidazole rings is 1. The molecule has 6 heteroatoms. The van der Waals surface area contributed by atoms with E-state index in [1.807, 2.05) is 17.4 Å². The summed E-state index contributed by atoms with van der Waals surface area (Å²) in [4.78, 5) is 20.8. The Labute approximate surface area is 123 Å². The molecule has 6 nitrogen and oxygen atoms in total. The molecular formula is C15H19N3O3. The van der Waals surface area contributed by atoms with Crippen LogP contribution in [0.15, 0.2) is 12.4 Å². The Morgan fingerprint density at radius 1 is 1.57 bits per heavy atom. The second kappa shape index (κ2) is 5.81. The molecule has 1 aliphatic rings. The van der Waals surface area contributed by atoms with Crippen molar-refractivity contribution in [1.82, 2.24) is 14.4 Å². The molecule has 1 atom stereocenters. The molecule has 0 spiro atoms. The molecule has 0 aromatic carbocycles. The van der Waals surface area contributed by atoms with E-state index >= 15 is 0 Å². The average molecular weight is 289 g/mol. The van der Waals surface area contributed by atoms with Gasteiger partial charge in [-0.1, -0.05) is 0 Å². The number of carbonyl (C=O) groups is 1. The minimum absolute atomic E-state index is 0.276. The van der Waals surface area contributed by atoms with Crippen molar-refractivity contribution in [3.8, 4) is 0 Å².